The summed E-state index contributed by atoms with van der Waals surface area (Å²) in [5.41, 5.74) is 0. The van der Waals surface area contributed by atoms with Gasteiger partial charge in [0.2, 0.25) is 0 Å². The highest BCUT2D eigenvalue weighted by atomic mass is 127. The first kappa shape index (κ1) is 6.65. The molecule has 0 aromatic rings. The molecular formula is C3H7IO2. The molecule has 0 heterocycles. The van der Waals surface area contributed by atoms with E-state index in [9.17, 15) is 0 Å². The molecule has 0 saturated carbocycles. The molecule has 1 N–H and O–H groups in total. The molecule has 0 fully saturated rings. The maximum absolute atomic E-state index is 8.41. The molecule has 0 spiro atoms. The molecule has 0 saturated heterocycles. The average molecular weight is 202 g/mol. The van der Waals surface area contributed by atoms with Crippen LogP contribution in [0.3, 0.4) is 0 Å². The minimum absolute atomic E-state index is 0.354. The summed E-state index contributed by atoms with van der Waals surface area (Å²) in [4.78, 5) is 0. The van der Waals surface area contributed by atoms with Crippen molar-refractivity contribution in [3.63, 3.8) is 0 Å². The zero-order chi connectivity index (χ0) is 4.99. The minimum Gasteiger partial charge on any atom is -0.381 e. The topological polar surface area (TPSA) is 29.5 Å². The molecule has 0 aliphatic heterocycles. The SMILES string of the molecule is COCC(O)I. The van der Waals surface area contributed by atoms with Crippen LogP contribution in [0.2, 0.25) is 0 Å². The Morgan fingerprint density at radius 2 is 2.50 bits per heavy atom. The molecule has 0 bridgehead atoms. The Hall–Kier alpha value is 0.650. The zero-order valence-corrected chi connectivity index (χ0v) is 5.68. The van der Waals surface area contributed by atoms with Gasteiger partial charge in [0.15, 0.2) is 0 Å². The van der Waals surface area contributed by atoms with Gasteiger partial charge >= 0.3 is 0 Å². The van der Waals surface area contributed by atoms with Gasteiger partial charge in [0.25, 0.3) is 0 Å². The Kier molecular flexibility index (Phi) is 4.24. The summed E-state index contributed by atoms with van der Waals surface area (Å²) in [6, 6.07) is 0. The molecule has 0 aliphatic carbocycles. The van der Waals surface area contributed by atoms with Gasteiger partial charge in [-0.05, 0) is 22.6 Å². The quantitative estimate of drug-likeness (QED) is 0.518. The third-order valence-corrected chi connectivity index (χ3v) is 0.664. The first-order valence-corrected chi connectivity index (χ1v) is 2.83. The molecule has 0 aliphatic rings. The number of aliphatic hydroxyl groups excluding tert-OH is 1. The Morgan fingerprint density at radius 3 is 2.50 bits per heavy atom. The summed E-state index contributed by atoms with van der Waals surface area (Å²) in [6.45, 7) is 0.417. The van der Waals surface area contributed by atoms with Crippen molar-refractivity contribution in [3.8, 4) is 0 Å². The average Bonchev–Trinajstić information content (AvgIpc) is 1.35. The summed E-state index contributed by atoms with van der Waals surface area (Å²) in [7, 11) is 1.56. The van der Waals surface area contributed by atoms with Gasteiger partial charge in [-0.15, -0.1) is 0 Å². The van der Waals surface area contributed by atoms with Crippen molar-refractivity contribution >= 4 is 22.6 Å². The number of rotatable bonds is 2. The van der Waals surface area contributed by atoms with Crippen LogP contribution in [0.15, 0.2) is 0 Å². The van der Waals surface area contributed by atoms with E-state index in [2.05, 4.69) is 4.74 Å². The van der Waals surface area contributed by atoms with E-state index < -0.39 is 0 Å². The Labute approximate surface area is 50.6 Å². The normalized spacial score (nSPS) is 14.5. The predicted octanol–water partition coefficient (Wildman–Crippen LogP) is 0.386. The van der Waals surface area contributed by atoms with Crippen molar-refractivity contribution < 1.29 is 9.84 Å². The van der Waals surface area contributed by atoms with E-state index >= 15 is 0 Å². The third kappa shape index (κ3) is 4.65. The van der Waals surface area contributed by atoms with E-state index in [1.54, 1.807) is 7.11 Å². The fraction of sp³-hybridized carbons (Fsp3) is 1.00. The van der Waals surface area contributed by atoms with Crippen LogP contribution in [0.5, 0.6) is 0 Å². The number of ether oxygens (including phenoxy) is 1. The van der Waals surface area contributed by atoms with Gasteiger partial charge < -0.3 is 9.84 Å². The number of hydrogen-bond donors (Lipinski definition) is 1. The van der Waals surface area contributed by atoms with E-state index in [1.165, 1.54) is 0 Å². The maximum Gasteiger partial charge on any atom is 0.128 e. The van der Waals surface area contributed by atoms with Crippen molar-refractivity contribution in [1.29, 1.82) is 0 Å². The maximum atomic E-state index is 8.41. The van der Waals surface area contributed by atoms with Crippen molar-refractivity contribution in [1.82, 2.24) is 0 Å². The first-order valence-electron chi connectivity index (χ1n) is 1.58. The molecule has 2 nitrogen and oxygen atoms in total. The molecule has 0 rings (SSSR count). The smallest absolute Gasteiger partial charge is 0.128 e. The van der Waals surface area contributed by atoms with Gasteiger partial charge in [0, 0.05) is 7.11 Å². The number of aliphatic hydroxyl groups is 1. The lowest BCUT2D eigenvalue weighted by Gasteiger charge is -1.95. The number of methoxy groups -OCH3 is 1. The highest BCUT2D eigenvalue weighted by molar-refractivity contribution is 14.1. The Morgan fingerprint density at radius 1 is 2.00 bits per heavy atom. The van der Waals surface area contributed by atoms with E-state index in [0.29, 0.717) is 6.61 Å². The highest BCUT2D eigenvalue weighted by Crippen LogP contribution is 1.91. The monoisotopic (exact) mass is 202 g/mol. The first-order chi connectivity index (χ1) is 2.77. The molecule has 1 unspecified atom stereocenters. The second kappa shape index (κ2) is 3.83. The van der Waals surface area contributed by atoms with E-state index in [1.807, 2.05) is 22.6 Å². The van der Waals surface area contributed by atoms with Gasteiger partial charge in [0.05, 0.1) is 6.61 Å². The van der Waals surface area contributed by atoms with Crippen molar-refractivity contribution in [2.75, 3.05) is 13.7 Å². The Balaban J connectivity index is 2.63. The van der Waals surface area contributed by atoms with E-state index in [0.717, 1.165) is 0 Å². The van der Waals surface area contributed by atoms with Crippen LogP contribution in [0.25, 0.3) is 0 Å². The Bertz CT molecular complexity index is 30.0. The summed E-state index contributed by atoms with van der Waals surface area (Å²) >= 11 is 1.87. The minimum atomic E-state index is -0.354. The number of hydrogen-bond acceptors (Lipinski definition) is 2. The summed E-state index contributed by atoms with van der Waals surface area (Å²) in [6.07, 6.45) is 0. The lowest BCUT2D eigenvalue weighted by molar-refractivity contribution is 0.125. The molecule has 6 heavy (non-hydrogen) atoms. The predicted molar refractivity (Wildman–Crippen MR) is 31.9 cm³/mol. The van der Waals surface area contributed by atoms with Crippen LogP contribution in [-0.2, 0) is 4.74 Å². The number of alkyl halides is 1. The van der Waals surface area contributed by atoms with Crippen LogP contribution in [-0.4, -0.2) is 22.9 Å². The fourth-order valence-corrected chi connectivity index (χ4v) is 0.497. The lowest BCUT2D eigenvalue weighted by atomic mass is 10.8. The standard InChI is InChI=1S/C3H7IO2/c1-6-2-3(4)5/h3,5H,2H2,1H3. The second-order valence-corrected chi connectivity index (χ2v) is 2.33. The van der Waals surface area contributed by atoms with Crippen molar-refractivity contribution in [3.05, 3.63) is 0 Å². The molecular weight excluding hydrogens is 195 g/mol. The van der Waals surface area contributed by atoms with E-state index in [-0.39, 0.29) is 4.11 Å². The van der Waals surface area contributed by atoms with Crippen LogP contribution in [0.4, 0.5) is 0 Å². The molecule has 0 aromatic heterocycles. The largest absolute Gasteiger partial charge is 0.381 e. The third-order valence-electron chi connectivity index (χ3n) is 0.304. The van der Waals surface area contributed by atoms with Gasteiger partial charge in [-0.25, -0.2) is 0 Å². The number of halogens is 1. The molecule has 0 radical (unpaired) electrons. The molecule has 0 amide bonds. The summed E-state index contributed by atoms with van der Waals surface area (Å²) in [5, 5.41) is 8.41. The second-order valence-electron chi connectivity index (χ2n) is 0.890. The molecule has 1 atom stereocenters. The summed E-state index contributed by atoms with van der Waals surface area (Å²) in [5.74, 6) is 0. The van der Waals surface area contributed by atoms with Crippen LogP contribution >= 0.6 is 22.6 Å². The molecule has 0 aromatic carbocycles. The molecule has 38 valence electrons. The van der Waals surface area contributed by atoms with E-state index in [4.69, 9.17) is 5.11 Å². The molecule has 3 heteroatoms. The zero-order valence-electron chi connectivity index (χ0n) is 3.52. The lowest BCUT2D eigenvalue weighted by Crippen LogP contribution is -2.02. The van der Waals surface area contributed by atoms with Crippen LogP contribution < -0.4 is 0 Å². The van der Waals surface area contributed by atoms with Gasteiger partial charge in [-0.3, -0.25) is 0 Å². The van der Waals surface area contributed by atoms with Gasteiger partial charge in [-0.1, -0.05) is 0 Å². The highest BCUT2D eigenvalue weighted by Gasteiger charge is 1.89. The fourth-order valence-electron chi connectivity index (χ4n) is 0.138. The van der Waals surface area contributed by atoms with Crippen molar-refractivity contribution in [2.24, 2.45) is 0 Å². The van der Waals surface area contributed by atoms with Crippen LogP contribution in [0.1, 0.15) is 0 Å². The van der Waals surface area contributed by atoms with Gasteiger partial charge in [0.1, 0.15) is 4.11 Å². The summed E-state index contributed by atoms with van der Waals surface area (Å²) < 4.78 is 4.19. The van der Waals surface area contributed by atoms with Gasteiger partial charge in [-0.2, -0.15) is 0 Å². The van der Waals surface area contributed by atoms with Crippen molar-refractivity contribution in [2.45, 2.75) is 4.11 Å². The van der Waals surface area contributed by atoms with Crippen LogP contribution in [0, 0.1) is 0 Å².